The lowest BCUT2D eigenvalue weighted by Gasteiger charge is -2.34. The second-order valence-corrected chi connectivity index (χ2v) is 10.0. The number of anilines is 1. The zero-order chi connectivity index (χ0) is 21.3. The Balaban J connectivity index is 1.56. The van der Waals surface area contributed by atoms with E-state index in [0.717, 1.165) is 54.4 Å². The molecule has 160 valence electrons. The summed E-state index contributed by atoms with van der Waals surface area (Å²) in [4.78, 5) is 12.5. The van der Waals surface area contributed by atoms with Gasteiger partial charge >= 0.3 is 0 Å². The summed E-state index contributed by atoms with van der Waals surface area (Å²) in [6.45, 7) is 2.63. The molecule has 2 aliphatic heterocycles. The van der Waals surface area contributed by atoms with Gasteiger partial charge in [0.2, 0.25) is 10.0 Å². The molecule has 0 N–H and O–H groups in total. The first-order valence-electron chi connectivity index (χ1n) is 10.9. The molecule has 7 heteroatoms. The summed E-state index contributed by atoms with van der Waals surface area (Å²) >= 11 is 0. The number of rotatable bonds is 4. The highest BCUT2D eigenvalue weighted by atomic mass is 32.2. The van der Waals surface area contributed by atoms with Gasteiger partial charge in [0, 0.05) is 43.7 Å². The maximum atomic E-state index is 13.2. The molecule has 2 aliphatic rings. The highest BCUT2D eigenvalue weighted by Gasteiger charge is 2.32. The number of benzene rings is 2. The lowest BCUT2D eigenvalue weighted by atomic mass is 10.0. The average Bonchev–Trinajstić information content (AvgIpc) is 2.84. The number of piperidine rings is 1. The normalized spacial score (nSPS) is 17.4. The average molecular weight is 435 g/mol. The second-order valence-electron chi connectivity index (χ2n) is 8.11. The lowest BCUT2D eigenvalue weighted by molar-refractivity contribution is 0.386. The third-order valence-electron chi connectivity index (χ3n) is 6.07. The SMILES string of the molecule is O=S(=O)(c1ccccc1)N1CCc2nc(-c3ccccc3)nc(N3CCCCC3)c2C1. The summed E-state index contributed by atoms with van der Waals surface area (Å²) < 4.78 is 28.1. The minimum absolute atomic E-state index is 0.313. The van der Waals surface area contributed by atoms with E-state index in [1.54, 1.807) is 28.6 Å². The molecule has 31 heavy (non-hydrogen) atoms. The number of sulfonamides is 1. The molecule has 0 atom stereocenters. The van der Waals surface area contributed by atoms with E-state index in [1.807, 2.05) is 36.4 Å². The summed E-state index contributed by atoms with van der Waals surface area (Å²) in [5, 5.41) is 0. The maximum absolute atomic E-state index is 13.2. The van der Waals surface area contributed by atoms with E-state index < -0.39 is 10.0 Å². The van der Waals surface area contributed by atoms with E-state index in [1.165, 1.54) is 6.42 Å². The van der Waals surface area contributed by atoms with Crippen LogP contribution in [0.15, 0.2) is 65.6 Å². The molecule has 1 saturated heterocycles. The Hall–Kier alpha value is -2.77. The zero-order valence-corrected chi connectivity index (χ0v) is 18.3. The highest BCUT2D eigenvalue weighted by Crippen LogP contribution is 2.33. The van der Waals surface area contributed by atoms with Crippen LogP contribution >= 0.6 is 0 Å². The van der Waals surface area contributed by atoms with Crippen molar-refractivity contribution in [1.82, 2.24) is 14.3 Å². The maximum Gasteiger partial charge on any atom is 0.243 e. The Bertz CT molecular complexity index is 1160. The Morgan fingerprint density at radius 3 is 2.16 bits per heavy atom. The number of hydrogen-bond donors (Lipinski definition) is 0. The minimum Gasteiger partial charge on any atom is -0.356 e. The standard InChI is InChI=1S/C24H26N4O2S/c29-31(30,20-12-6-2-7-13-20)28-17-14-22-21(18-28)24(27-15-8-3-9-16-27)26-23(25-22)19-10-4-1-5-11-19/h1-2,4-7,10-13H,3,8-9,14-18H2. The Kier molecular flexibility index (Phi) is 5.46. The quantitative estimate of drug-likeness (QED) is 0.623. The van der Waals surface area contributed by atoms with E-state index in [2.05, 4.69) is 4.90 Å². The topological polar surface area (TPSA) is 66.4 Å². The Morgan fingerprint density at radius 2 is 1.45 bits per heavy atom. The molecule has 2 aromatic carbocycles. The summed E-state index contributed by atoms with van der Waals surface area (Å²) in [5.41, 5.74) is 2.91. The van der Waals surface area contributed by atoms with Crippen LogP contribution < -0.4 is 4.90 Å². The summed E-state index contributed by atoms with van der Waals surface area (Å²) in [7, 11) is -3.56. The fraction of sp³-hybridized carbons (Fsp3) is 0.333. The largest absolute Gasteiger partial charge is 0.356 e. The minimum atomic E-state index is -3.56. The van der Waals surface area contributed by atoms with Crippen molar-refractivity contribution in [2.75, 3.05) is 24.5 Å². The number of hydrogen-bond acceptors (Lipinski definition) is 5. The van der Waals surface area contributed by atoms with Gasteiger partial charge in [0.1, 0.15) is 5.82 Å². The number of nitrogens with zero attached hydrogens (tertiary/aromatic N) is 4. The zero-order valence-electron chi connectivity index (χ0n) is 17.4. The first kappa shape index (κ1) is 20.2. The van der Waals surface area contributed by atoms with Gasteiger partial charge in [-0.1, -0.05) is 48.5 Å². The molecule has 1 aromatic heterocycles. The fourth-order valence-corrected chi connectivity index (χ4v) is 5.83. The van der Waals surface area contributed by atoms with Gasteiger partial charge < -0.3 is 4.90 Å². The van der Waals surface area contributed by atoms with Crippen LogP contribution in [0.25, 0.3) is 11.4 Å². The molecule has 0 amide bonds. The number of fused-ring (bicyclic) bond motifs is 1. The molecule has 0 saturated carbocycles. The molecule has 0 radical (unpaired) electrons. The molecular formula is C24H26N4O2S. The molecule has 1 fully saturated rings. The van der Waals surface area contributed by atoms with Gasteiger partial charge in [-0.05, 0) is 31.4 Å². The van der Waals surface area contributed by atoms with Gasteiger partial charge in [0.15, 0.2) is 5.82 Å². The van der Waals surface area contributed by atoms with Gasteiger partial charge in [-0.15, -0.1) is 0 Å². The summed E-state index contributed by atoms with van der Waals surface area (Å²) in [6, 6.07) is 18.7. The Morgan fingerprint density at radius 1 is 0.774 bits per heavy atom. The first-order chi connectivity index (χ1) is 15.1. The van der Waals surface area contributed by atoms with Gasteiger partial charge in [-0.2, -0.15) is 4.31 Å². The van der Waals surface area contributed by atoms with Crippen molar-refractivity contribution in [2.24, 2.45) is 0 Å². The van der Waals surface area contributed by atoms with Crippen molar-refractivity contribution in [3.05, 3.63) is 71.9 Å². The van der Waals surface area contributed by atoms with Crippen molar-refractivity contribution in [3.8, 4) is 11.4 Å². The second kappa shape index (κ2) is 8.40. The van der Waals surface area contributed by atoms with E-state index in [0.29, 0.717) is 24.4 Å². The molecule has 3 aromatic rings. The van der Waals surface area contributed by atoms with Crippen molar-refractivity contribution >= 4 is 15.8 Å². The van der Waals surface area contributed by atoms with Crippen molar-refractivity contribution in [1.29, 1.82) is 0 Å². The molecule has 3 heterocycles. The molecule has 0 spiro atoms. The third kappa shape index (κ3) is 3.95. The summed E-state index contributed by atoms with van der Waals surface area (Å²) in [6.07, 6.45) is 4.07. The van der Waals surface area contributed by atoms with Crippen LogP contribution in [0.1, 0.15) is 30.5 Å². The third-order valence-corrected chi connectivity index (χ3v) is 7.93. The van der Waals surface area contributed by atoms with Crippen LogP contribution in [0.3, 0.4) is 0 Å². The molecular weight excluding hydrogens is 408 g/mol. The molecule has 6 nitrogen and oxygen atoms in total. The van der Waals surface area contributed by atoms with Crippen LogP contribution in [0.5, 0.6) is 0 Å². The Labute approximate surface area is 183 Å². The van der Waals surface area contributed by atoms with E-state index >= 15 is 0 Å². The van der Waals surface area contributed by atoms with Gasteiger partial charge in [0.25, 0.3) is 0 Å². The van der Waals surface area contributed by atoms with Crippen LogP contribution in [0.4, 0.5) is 5.82 Å². The predicted molar refractivity (Wildman–Crippen MR) is 121 cm³/mol. The lowest BCUT2D eigenvalue weighted by Crippen LogP contribution is -2.39. The monoisotopic (exact) mass is 434 g/mol. The van der Waals surface area contributed by atoms with Gasteiger partial charge in [0.05, 0.1) is 10.6 Å². The van der Waals surface area contributed by atoms with Crippen LogP contribution in [0.2, 0.25) is 0 Å². The van der Waals surface area contributed by atoms with E-state index in [-0.39, 0.29) is 0 Å². The smallest absolute Gasteiger partial charge is 0.243 e. The molecule has 0 unspecified atom stereocenters. The summed E-state index contributed by atoms with van der Waals surface area (Å²) in [5.74, 6) is 1.62. The van der Waals surface area contributed by atoms with E-state index in [4.69, 9.17) is 9.97 Å². The molecule has 0 bridgehead atoms. The highest BCUT2D eigenvalue weighted by molar-refractivity contribution is 7.89. The fourth-order valence-electron chi connectivity index (χ4n) is 4.40. The van der Waals surface area contributed by atoms with Gasteiger partial charge in [-0.25, -0.2) is 18.4 Å². The van der Waals surface area contributed by atoms with Crippen molar-refractivity contribution in [3.63, 3.8) is 0 Å². The molecule has 0 aliphatic carbocycles. The van der Waals surface area contributed by atoms with E-state index in [9.17, 15) is 8.42 Å². The van der Waals surface area contributed by atoms with Crippen LogP contribution in [-0.2, 0) is 23.0 Å². The first-order valence-corrected chi connectivity index (χ1v) is 12.3. The van der Waals surface area contributed by atoms with Gasteiger partial charge in [-0.3, -0.25) is 0 Å². The van der Waals surface area contributed by atoms with Crippen LogP contribution in [0, 0.1) is 0 Å². The van der Waals surface area contributed by atoms with Crippen molar-refractivity contribution in [2.45, 2.75) is 37.1 Å². The van der Waals surface area contributed by atoms with Crippen LogP contribution in [-0.4, -0.2) is 42.3 Å². The predicted octanol–water partition coefficient (Wildman–Crippen LogP) is 3.88. The molecule has 5 rings (SSSR count). The van der Waals surface area contributed by atoms with Crippen molar-refractivity contribution < 1.29 is 8.42 Å². The number of aromatic nitrogens is 2.